The van der Waals surface area contributed by atoms with Gasteiger partial charge >= 0.3 is 87.5 Å². The fourth-order valence-electron chi connectivity index (χ4n) is 1.51. The van der Waals surface area contributed by atoms with Gasteiger partial charge in [0.05, 0.1) is 0 Å². The fourth-order valence-corrected chi connectivity index (χ4v) is 3.06. The van der Waals surface area contributed by atoms with Crippen molar-refractivity contribution in [2.24, 2.45) is 0 Å². The summed E-state index contributed by atoms with van der Waals surface area (Å²) in [4.78, 5) is 2.19. The van der Waals surface area contributed by atoms with E-state index in [-0.39, 0.29) is 0 Å². The zero-order chi connectivity index (χ0) is 9.38. The SMILES string of the molecule is c1ccc(-c2cc3cc[se]c3o2)cc1. The Morgan fingerprint density at radius 1 is 1.00 bits per heavy atom. The van der Waals surface area contributed by atoms with E-state index in [0.717, 1.165) is 15.8 Å². The number of hydrogen-bond acceptors (Lipinski definition) is 1. The molecular formula is C12H8OSe. The Hall–Kier alpha value is -1.24. The van der Waals surface area contributed by atoms with Crippen molar-refractivity contribution in [3.63, 3.8) is 0 Å². The molecule has 3 aromatic rings. The molecule has 0 saturated carbocycles. The molecule has 0 atom stereocenters. The van der Waals surface area contributed by atoms with Crippen LogP contribution in [0.4, 0.5) is 0 Å². The minimum absolute atomic E-state index is 0.405. The molecule has 0 N–H and O–H groups in total. The summed E-state index contributed by atoms with van der Waals surface area (Å²) < 4.78 is 6.93. The van der Waals surface area contributed by atoms with Crippen LogP contribution in [0.2, 0.25) is 0 Å². The summed E-state index contributed by atoms with van der Waals surface area (Å²) in [6, 6.07) is 14.5. The van der Waals surface area contributed by atoms with E-state index in [9.17, 15) is 0 Å². The average Bonchev–Trinajstić information content (AvgIpc) is 2.78. The van der Waals surface area contributed by atoms with Gasteiger partial charge in [0, 0.05) is 0 Å². The van der Waals surface area contributed by atoms with Gasteiger partial charge in [0.25, 0.3) is 0 Å². The van der Waals surface area contributed by atoms with Gasteiger partial charge in [-0.3, -0.25) is 0 Å². The standard InChI is InChI=1S/C12H8OSe/c1-2-4-9(5-3-1)11-8-10-6-7-14-12(10)13-11/h1-8H. The number of fused-ring (bicyclic) bond motifs is 1. The number of hydrogen-bond donors (Lipinski definition) is 0. The molecule has 1 aromatic carbocycles. The number of furan rings is 1. The Bertz CT molecular complexity index is 519. The van der Waals surface area contributed by atoms with Crippen LogP contribution in [0.15, 0.2) is 51.8 Å². The quantitative estimate of drug-likeness (QED) is 0.602. The predicted molar refractivity (Wildman–Crippen MR) is 58.6 cm³/mol. The summed E-state index contributed by atoms with van der Waals surface area (Å²) in [6.45, 7) is 0. The molecule has 0 amide bonds. The van der Waals surface area contributed by atoms with Crippen LogP contribution in [0.1, 0.15) is 0 Å². The Balaban J connectivity index is 2.19. The Morgan fingerprint density at radius 2 is 1.86 bits per heavy atom. The molecule has 1 nitrogen and oxygen atoms in total. The summed E-state index contributed by atoms with van der Waals surface area (Å²) in [7, 11) is 0. The molecule has 0 unspecified atom stereocenters. The van der Waals surface area contributed by atoms with Gasteiger partial charge in [-0.05, 0) is 0 Å². The van der Waals surface area contributed by atoms with Gasteiger partial charge in [-0.25, -0.2) is 0 Å². The molecule has 0 saturated heterocycles. The summed E-state index contributed by atoms with van der Waals surface area (Å²) >= 11 is 0.405. The van der Waals surface area contributed by atoms with Crippen LogP contribution >= 0.6 is 0 Å². The molecule has 0 aliphatic heterocycles. The molecule has 0 fully saturated rings. The average molecular weight is 247 g/mol. The van der Waals surface area contributed by atoms with Crippen molar-refractivity contribution in [3.05, 3.63) is 47.4 Å². The van der Waals surface area contributed by atoms with Crippen LogP contribution in [0, 0.1) is 0 Å². The van der Waals surface area contributed by atoms with Gasteiger partial charge < -0.3 is 0 Å². The van der Waals surface area contributed by atoms with Crippen LogP contribution < -0.4 is 0 Å². The van der Waals surface area contributed by atoms with E-state index in [0.29, 0.717) is 14.5 Å². The molecule has 14 heavy (non-hydrogen) atoms. The maximum atomic E-state index is 5.78. The Morgan fingerprint density at radius 3 is 2.64 bits per heavy atom. The van der Waals surface area contributed by atoms with Crippen LogP contribution in [0.25, 0.3) is 21.2 Å². The van der Waals surface area contributed by atoms with Crippen molar-refractivity contribution in [1.82, 2.24) is 0 Å². The van der Waals surface area contributed by atoms with Crippen molar-refractivity contribution in [3.8, 4) is 11.3 Å². The molecule has 68 valence electrons. The topological polar surface area (TPSA) is 13.1 Å². The third-order valence-electron chi connectivity index (χ3n) is 2.21. The van der Waals surface area contributed by atoms with Crippen LogP contribution in [-0.2, 0) is 0 Å². The molecular weight excluding hydrogens is 239 g/mol. The van der Waals surface area contributed by atoms with E-state index in [4.69, 9.17) is 4.42 Å². The zero-order valence-corrected chi connectivity index (χ0v) is 9.15. The number of rotatable bonds is 1. The third kappa shape index (κ3) is 1.24. The summed E-state index contributed by atoms with van der Waals surface area (Å²) in [6.07, 6.45) is 0. The molecule has 2 heterocycles. The Labute approximate surface area is 87.7 Å². The first kappa shape index (κ1) is 8.10. The van der Waals surface area contributed by atoms with E-state index >= 15 is 0 Å². The van der Waals surface area contributed by atoms with Gasteiger partial charge in [-0.2, -0.15) is 0 Å². The first-order chi connectivity index (χ1) is 6.93. The van der Waals surface area contributed by atoms with E-state index in [1.807, 2.05) is 18.2 Å². The van der Waals surface area contributed by atoms with Crippen molar-refractivity contribution in [1.29, 1.82) is 0 Å². The van der Waals surface area contributed by atoms with Crippen LogP contribution in [0.3, 0.4) is 0 Å². The molecule has 3 rings (SSSR count). The second kappa shape index (κ2) is 3.16. The van der Waals surface area contributed by atoms with Crippen molar-refractivity contribution in [2.45, 2.75) is 0 Å². The predicted octanol–water partition coefficient (Wildman–Crippen LogP) is 3.16. The molecule has 0 bridgehead atoms. The normalized spacial score (nSPS) is 10.9. The van der Waals surface area contributed by atoms with Crippen molar-refractivity contribution < 1.29 is 4.42 Å². The van der Waals surface area contributed by atoms with Gasteiger partial charge in [-0.15, -0.1) is 0 Å². The summed E-state index contributed by atoms with van der Waals surface area (Å²) in [5.74, 6) is 0.988. The zero-order valence-electron chi connectivity index (χ0n) is 7.44. The Kier molecular flexibility index (Phi) is 1.83. The molecule has 0 radical (unpaired) electrons. The van der Waals surface area contributed by atoms with Crippen molar-refractivity contribution >= 4 is 24.3 Å². The van der Waals surface area contributed by atoms with E-state index in [1.165, 1.54) is 5.39 Å². The van der Waals surface area contributed by atoms with Crippen LogP contribution in [0.5, 0.6) is 0 Å². The first-order valence-electron chi connectivity index (χ1n) is 4.46. The molecule has 0 aliphatic carbocycles. The van der Waals surface area contributed by atoms with E-state index in [1.54, 1.807) is 0 Å². The molecule has 2 heteroatoms. The molecule has 2 aromatic heterocycles. The van der Waals surface area contributed by atoms with E-state index in [2.05, 4.69) is 29.2 Å². The summed E-state index contributed by atoms with van der Waals surface area (Å²) in [5.41, 5.74) is 1.16. The summed E-state index contributed by atoms with van der Waals surface area (Å²) in [5, 5.41) is 1.25. The van der Waals surface area contributed by atoms with Crippen LogP contribution in [-0.4, -0.2) is 14.5 Å². The van der Waals surface area contributed by atoms with E-state index < -0.39 is 0 Å². The fraction of sp³-hybridized carbons (Fsp3) is 0. The van der Waals surface area contributed by atoms with Gasteiger partial charge in [-0.1, -0.05) is 0 Å². The molecule has 0 spiro atoms. The van der Waals surface area contributed by atoms with Crippen molar-refractivity contribution in [2.75, 3.05) is 0 Å². The van der Waals surface area contributed by atoms with Gasteiger partial charge in [0.1, 0.15) is 0 Å². The molecule has 0 aliphatic rings. The minimum atomic E-state index is 0.405. The monoisotopic (exact) mass is 248 g/mol. The first-order valence-corrected chi connectivity index (χ1v) is 6.30. The van der Waals surface area contributed by atoms with Gasteiger partial charge in [0.2, 0.25) is 0 Å². The second-order valence-electron chi connectivity index (χ2n) is 3.14. The van der Waals surface area contributed by atoms with Gasteiger partial charge in [0.15, 0.2) is 0 Å². The number of benzene rings is 1. The maximum absolute atomic E-state index is 5.78. The third-order valence-corrected chi connectivity index (χ3v) is 3.90. The second-order valence-corrected chi connectivity index (χ2v) is 4.98.